The molecule has 0 spiro atoms. The van der Waals surface area contributed by atoms with Crippen LogP contribution in [0.1, 0.15) is 18.4 Å². The minimum Gasteiger partial charge on any atom is -0.356 e. The molecule has 0 bridgehead atoms. The molecule has 5 nitrogen and oxygen atoms in total. The Morgan fingerprint density at radius 1 is 1.22 bits per heavy atom. The molecule has 0 amide bonds. The van der Waals surface area contributed by atoms with Crippen molar-refractivity contribution >= 4 is 28.5 Å². The van der Waals surface area contributed by atoms with Crippen molar-refractivity contribution in [1.82, 2.24) is 15.0 Å². The summed E-state index contributed by atoms with van der Waals surface area (Å²) in [6, 6.07) is 10.1. The zero-order valence-electron chi connectivity index (χ0n) is 14.9. The molecule has 4 rings (SSSR count). The van der Waals surface area contributed by atoms with Gasteiger partial charge in [-0.3, -0.25) is 4.98 Å². The quantitative estimate of drug-likeness (QED) is 0.642. The Morgan fingerprint density at radius 2 is 2.04 bits per heavy atom. The summed E-state index contributed by atoms with van der Waals surface area (Å²) in [7, 11) is 0. The monoisotopic (exact) mass is 379 g/mol. The second kappa shape index (κ2) is 7.12. The average Bonchev–Trinajstić information content (AvgIpc) is 2.73. The molecule has 27 heavy (non-hydrogen) atoms. The van der Waals surface area contributed by atoms with E-state index < -0.39 is 11.2 Å². The van der Waals surface area contributed by atoms with E-state index in [1.165, 1.54) is 6.20 Å². The lowest BCUT2D eigenvalue weighted by molar-refractivity contribution is 0.397. The maximum atomic E-state index is 14.3. The van der Waals surface area contributed by atoms with E-state index in [0.717, 1.165) is 21.6 Å². The summed E-state index contributed by atoms with van der Waals surface area (Å²) in [5.41, 5.74) is 0.517. The normalized spacial score (nSPS) is 16.3. The van der Waals surface area contributed by atoms with E-state index in [9.17, 15) is 9.65 Å². The number of piperidine rings is 1. The SMILES string of the molecule is CSc1ccc2ncnc(N3CCC(C#N)(c4ccncc4F)CC3)c2c1. The number of aromatic nitrogens is 3. The maximum Gasteiger partial charge on any atom is 0.146 e. The molecule has 1 saturated heterocycles. The lowest BCUT2D eigenvalue weighted by Crippen LogP contribution is -2.42. The molecule has 1 aliphatic rings. The molecule has 0 unspecified atom stereocenters. The molecule has 1 fully saturated rings. The number of benzene rings is 1. The number of nitrogens with zero attached hydrogens (tertiary/aromatic N) is 5. The molecule has 0 saturated carbocycles. The first-order valence-electron chi connectivity index (χ1n) is 8.72. The topological polar surface area (TPSA) is 65.7 Å². The molecule has 0 radical (unpaired) electrons. The molecular weight excluding hydrogens is 361 g/mol. The number of halogens is 1. The van der Waals surface area contributed by atoms with Crippen molar-refractivity contribution in [3.8, 4) is 6.07 Å². The van der Waals surface area contributed by atoms with E-state index in [4.69, 9.17) is 0 Å². The van der Waals surface area contributed by atoms with Crippen LogP contribution in [0.4, 0.5) is 10.2 Å². The van der Waals surface area contributed by atoms with Gasteiger partial charge >= 0.3 is 0 Å². The van der Waals surface area contributed by atoms with Gasteiger partial charge in [0.25, 0.3) is 0 Å². The molecule has 7 heteroatoms. The van der Waals surface area contributed by atoms with Crippen molar-refractivity contribution in [3.05, 3.63) is 54.4 Å². The number of hydrogen-bond donors (Lipinski definition) is 0. The molecular formula is C20H18FN5S. The van der Waals surface area contributed by atoms with Crippen LogP contribution < -0.4 is 4.90 Å². The number of hydrogen-bond acceptors (Lipinski definition) is 6. The summed E-state index contributed by atoms with van der Waals surface area (Å²) >= 11 is 1.68. The lowest BCUT2D eigenvalue weighted by atomic mass is 9.74. The largest absolute Gasteiger partial charge is 0.356 e. The van der Waals surface area contributed by atoms with Gasteiger partial charge in [0.15, 0.2) is 0 Å². The van der Waals surface area contributed by atoms with Crippen LogP contribution in [0.2, 0.25) is 0 Å². The third-order valence-electron chi connectivity index (χ3n) is 5.24. The summed E-state index contributed by atoms with van der Waals surface area (Å²) in [5, 5.41) is 10.8. The summed E-state index contributed by atoms with van der Waals surface area (Å²) in [6.45, 7) is 1.26. The van der Waals surface area contributed by atoms with Gasteiger partial charge in [-0.1, -0.05) is 0 Å². The van der Waals surface area contributed by atoms with Crippen molar-refractivity contribution < 1.29 is 4.39 Å². The molecule has 3 heterocycles. The standard InChI is InChI=1S/C20H18FN5S/c1-27-14-2-3-18-15(10-14)19(25-13-24-18)26-8-5-20(12-22,6-9-26)16-4-7-23-11-17(16)21/h2-4,7,10-11,13H,5-6,8-9H2,1H3. The highest BCUT2D eigenvalue weighted by molar-refractivity contribution is 7.98. The van der Waals surface area contributed by atoms with Crippen LogP contribution in [0.15, 0.2) is 47.9 Å². The zero-order valence-corrected chi connectivity index (χ0v) is 15.7. The van der Waals surface area contributed by atoms with Crippen LogP contribution in [-0.4, -0.2) is 34.3 Å². The number of anilines is 1. The molecule has 1 aromatic carbocycles. The minimum absolute atomic E-state index is 0.412. The van der Waals surface area contributed by atoms with Gasteiger partial charge in [-0.2, -0.15) is 5.26 Å². The van der Waals surface area contributed by atoms with Crippen LogP contribution in [0.3, 0.4) is 0 Å². The van der Waals surface area contributed by atoms with Gasteiger partial charge < -0.3 is 4.90 Å². The first kappa shape index (κ1) is 17.7. The average molecular weight is 379 g/mol. The maximum absolute atomic E-state index is 14.3. The van der Waals surface area contributed by atoms with Gasteiger partial charge in [0.1, 0.15) is 18.0 Å². The van der Waals surface area contributed by atoms with Crippen LogP contribution in [-0.2, 0) is 5.41 Å². The summed E-state index contributed by atoms with van der Waals surface area (Å²) in [5.74, 6) is 0.460. The molecule has 0 aliphatic carbocycles. The van der Waals surface area contributed by atoms with E-state index in [-0.39, 0.29) is 0 Å². The number of thioether (sulfide) groups is 1. The van der Waals surface area contributed by atoms with Crippen molar-refractivity contribution in [3.63, 3.8) is 0 Å². The molecule has 2 aromatic heterocycles. The van der Waals surface area contributed by atoms with Crippen LogP contribution in [0, 0.1) is 17.1 Å². The fourth-order valence-electron chi connectivity index (χ4n) is 3.71. The summed E-state index contributed by atoms with van der Waals surface area (Å²) in [4.78, 5) is 16.0. The third-order valence-corrected chi connectivity index (χ3v) is 5.97. The predicted molar refractivity (Wildman–Crippen MR) is 104 cm³/mol. The number of rotatable bonds is 3. The van der Waals surface area contributed by atoms with Crippen molar-refractivity contribution in [2.24, 2.45) is 0 Å². The van der Waals surface area contributed by atoms with Gasteiger partial charge in [-0.25, -0.2) is 14.4 Å². The highest BCUT2D eigenvalue weighted by Crippen LogP contribution is 2.38. The second-order valence-electron chi connectivity index (χ2n) is 6.62. The van der Waals surface area contributed by atoms with E-state index in [2.05, 4.69) is 32.0 Å². The Bertz CT molecular complexity index is 1020. The van der Waals surface area contributed by atoms with Gasteiger partial charge in [-0.15, -0.1) is 11.8 Å². The van der Waals surface area contributed by atoms with Gasteiger partial charge in [0, 0.05) is 35.1 Å². The molecule has 3 aromatic rings. The molecule has 0 N–H and O–H groups in total. The molecule has 1 aliphatic heterocycles. The third kappa shape index (κ3) is 3.10. The number of fused-ring (bicyclic) bond motifs is 1. The summed E-state index contributed by atoms with van der Waals surface area (Å²) < 4.78 is 14.3. The number of pyridine rings is 1. The van der Waals surface area contributed by atoms with E-state index >= 15 is 0 Å². The highest BCUT2D eigenvalue weighted by Gasteiger charge is 2.39. The van der Waals surface area contributed by atoms with Gasteiger partial charge in [-0.05, 0) is 43.4 Å². The van der Waals surface area contributed by atoms with Crippen molar-refractivity contribution in [2.45, 2.75) is 23.2 Å². The van der Waals surface area contributed by atoms with Crippen molar-refractivity contribution in [1.29, 1.82) is 5.26 Å². The van der Waals surface area contributed by atoms with Crippen LogP contribution >= 0.6 is 11.8 Å². The first-order chi connectivity index (χ1) is 13.2. The zero-order chi connectivity index (χ0) is 18.9. The fraction of sp³-hybridized carbons (Fsp3) is 0.300. The Labute approximate surface area is 161 Å². The number of nitriles is 1. The Morgan fingerprint density at radius 3 is 2.74 bits per heavy atom. The minimum atomic E-state index is -0.823. The predicted octanol–water partition coefficient (Wildman–Crippen LogP) is 3.95. The van der Waals surface area contributed by atoms with E-state index in [1.54, 1.807) is 30.4 Å². The summed E-state index contributed by atoms with van der Waals surface area (Å²) in [6.07, 6.45) is 7.42. The Kier molecular flexibility index (Phi) is 4.66. The fourth-order valence-corrected chi connectivity index (χ4v) is 4.15. The van der Waals surface area contributed by atoms with Gasteiger partial charge in [0.2, 0.25) is 0 Å². The van der Waals surface area contributed by atoms with Gasteiger partial charge in [0.05, 0.1) is 23.2 Å². The highest BCUT2D eigenvalue weighted by atomic mass is 32.2. The second-order valence-corrected chi connectivity index (χ2v) is 7.50. The van der Waals surface area contributed by atoms with E-state index in [0.29, 0.717) is 31.5 Å². The smallest absolute Gasteiger partial charge is 0.146 e. The van der Waals surface area contributed by atoms with Crippen molar-refractivity contribution in [2.75, 3.05) is 24.2 Å². The first-order valence-corrected chi connectivity index (χ1v) is 9.94. The Balaban J connectivity index is 1.66. The molecule has 136 valence electrons. The molecule has 0 atom stereocenters. The van der Waals surface area contributed by atoms with Crippen LogP contribution in [0.25, 0.3) is 10.9 Å². The Hall–Kier alpha value is -2.72. The van der Waals surface area contributed by atoms with Crippen LogP contribution in [0.5, 0.6) is 0 Å². The lowest BCUT2D eigenvalue weighted by Gasteiger charge is -2.38. The van der Waals surface area contributed by atoms with E-state index in [1.807, 2.05) is 18.4 Å².